The van der Waals surface area contributed by atoms with Crippen LogP contribution in [-0.4, -0.2) is 29.0 Å². The molecule has 1 aromatic carbocycles. The Morgan fingerprint density at radius 3 is 2.67 bits per heavy atom. The van der Waals surface area contributed by atoms with Crippen LogP contribution in [0.3, 0.4) is 0 Å². The number of anilines is 2. The van der Waals surface area contributed by atoms with Crippen LogP contribution in [0.4, 0.5) is 11.6 Å². The van der Waals surface area contributed by atoms with Crippen LogP contribution < -0.4 is 10.2 Å². The highest BCUT2D eigenvalue weighted by atomic mass is 16.3. The maximum Gasteiger partial charge on any atom is 0.224 e. The Bertz CT molecular complexity index is 748. The van der Waals surface area contributed by atoms with Gasteiger partial charge in [-0.2, -0.15) is 0 Å². The van der Waals surface area contributed by atoms with Crippen molar-refractivity contribution in [3.63, 3.8) is 0 Å². The summed E-state index contributed by atoms with van der Waals surface area (Å²) in [6.07, 6.45) is 3.65. The predicted molar refractivity (Wildman–Crippen MR) is 82.4 cm³/mol. The topological polar surface area (TPSA) is 67.1 Å². The molecular formula is C15H17N5O. The number of aromatic nitrogens is 3. The van der Waals surface area contributed by atoms with E-state index in [2.05, 4.69) is 20.3 Å². The summed E-state index contributed by atoms with van der Waals surface area (Å²) in [5.41, 5.74) is 3.59. The Morgan fingerprint density at radius 1 is 1.19 bits per heavy atom. The first-order chi connectivity index (χ1) is 10.1. The van der Waals surface area contributed by atoms with Gasteiger partial charge in [0.15, 0.2) is 11.5 Å². The number of nitrogens with zero attached hydrogens (tertiary/aromatic N) is 4. The molecule has 0 amide bonds. The van der Waals surface area contributed by atoms with Crippen LogP contribution in [0.1, 0.15) is 11.5 Å². The molecular weight excluding hydrogens is 266 g/mol. The first-order valence-corrected chi connectivity index (χ1v) is 6.72. The lowest BCUT2D eigenvalue weighted by atomic mass is 10.2. The number of benzene rings is 1. The van der Waals surface area contributed by atoms with Gasteiger partial charge in [-0.25, -0.2) is 15.0 Å². The normalized spacial score (nSPS) is 10.8. The number of oxazole rings is 1. The van der Waals surface area contributed by atoms with E-state index in [-0.39, 0.29) is 0 Å². The molecule has 21 heavy (non-hydrogen) atoms. The molecule has 0 bridgehead atoms. The van der Waals surface area contributed by atoms with Crippen molar-refractivity contribution in [2.75, 3.05) is 24.3 Å². The largest absolute Gasteiger partial charge is 0.441 e. The summed E-state index contributed by atoms with van der Waals surface area (Å²) in [6.45, 7) is 2.48. The van der Waals surface area contributed by atoms with Crippen molar-refractivity contribution in [1.29, 1.82) is 0 Å². The van der Waals surface area contributed by atoms with Crippen LogP contribution in [0.25, 0.3) is 11.1 Å². The predicted octanol–water partition coefficient (Wildman–Crippen LogP) is 2.60. The van der Waals surface area contributed by atoms with E-state index in [4.69, 9.17) is 4.42 Å². The Labute approximate surface area is 122 Å². The second kappa shape index (κ2) is 5.40. The van der Waals surface area contributed by atoms with E-state index >= 15 is 0 Å². The highest BCUT2D eigenvalue weighted by Gasteiger charge is 2.07. The lowest BCUT2D eigenvalue weighted by molar-refractivity contribution is 0.561. The van der Waals surface area contributed by atoms with Gasteiger partial charge < -0.3 is 14.6 Å². The van der Waals surface area contributed by atoms with Crippen molar-refractivity contribution >= 4 is 22.7 Å². The van der Waals surface area contributed by atoms with Crippen LogP contribution in [0.15, 0.2) is 35.0 Å². The minimum Gasteiger partial charge on any atom is -0.441 e. The molecule has 0 atom stereocenters. The van der Waals surface area contributed by atoms with Crippen LogP contribution in [0.5, 0.6) is 0 Å². The molecule has 3 rings (SSSR count). The van der Waals surface area contributed by atoms with E-state index in [1.807, 2.05) is 56.5 Å². The molecule has 2 heterocycles. The van der Waals surface area contributed by atoms with E-state index in [9.17, 15) is 0 Å². The molecule has 6 nitrogen and oxygen atoms in total. The molecule has 6 heteroatoms. The third-order valence-corrected chi connectivity index (χ3v) is 3.10. The minimum absolute atomic E-state index is 0.638. The summed E-state index contributed by atoms with van der Waals surface area (Å²) in [7, 11) is 3.84. The van der Waals surface area contributed by atoms with Crippen LogP contribution >= 0.6 is 0 Å². The van der Waals surface area contributed by atoms with Crippen molar-refractivity contribution in [2.24, 2.45) is 0 Å². The average molecular weight is 283 g/mol. The molecule has 3 aromatic rings. The van der Waals surface area contributed by atoms with E-state index in [0.717, 1.165) is 22.4 Å². The van der Waals surface area contributed by atoms with Gasteiger partial charge in [0.05, 0.1) is 5.69 Å². The molecule has 0 aliphatic carbocycles. The molecule has 0 radical (unpaired) electrons. The lowest BCUT2D eigenvalue weighted by Crippen LogP contribution is -2.13. The molecule has 0 aliphatic heterocycles. The van der Waals surface area contributed by atoms with E-state index in [1.54, 1.807) is 0 Å². The molecule has 2 aromatic heterocycles. The maximum absolute atomic E-state index is 5.52. The third-order valence-electron chi connectivity index (χ3n) is 3.10. The molecule has 108 valence electrons. The van der Waals surface area contributed by atoms with Gasteiger partial charge in [-0.15, -0.1) is 0 Å². The van der Waals surface area contributed by atoms with Gasteiger partial charge in [0, 0.05) is 45.5 Å². The summed E-state index contributed by atoms with van der Waals surface area (Å²) >= 11 is 0. The summed E-state index contributed by atoms with van der Waals surface area (Å²) in [6, 6.07) is 5.84. The van der Waals surface area contributed by atoms with Crippen LogP contribution in [0, 0.1) is 6.92 Å². The number of aryl methyl sites for hydroxylation is 1. The van der Waals surface area contributed by atoms with Gasteiger partial charge in [-0.05, 0) is 12.1 Å². The van der Waals surface area contributed by atoms with Crippen molar-refractivity contribution in [1.82, 2.24) is 15.0 Å². The molecule has 0 saturated heterocycles. The average Bonchev–Trinajstić information content (AvgIpc) is 2.86. The van der Waals surface area contributed by atoms with Gasteiger partial charge >= 0.3 is 0 Å². The zero-order valence-electron chi connectivity index (χ0n) is 12.3. The smallest absolute Gasteiger partial charge is 0.224 e. The SMILES string of the molecule is Cc1nc2c(NCc3cnc(N(C)C)nc3)cccc2o1. The summed E-state index contributed by atoms with van der Waals surface area (Å²) in [4.78, 5) is 14.9. The molecule has 0 saturated carbocycles. The second-order valence-corrected chi connectivity index (χ2v) is 5.02. The third kappa shape index (κ3) is 2.79. The Kier molecular flexibility index (Phi) is 3.43. The fraction of sp³-hybridized carbons (Fsp3) is 0.267. The maximum atomic E-state index is 5.52. The number of nitrogens with one attached hydrogen (secondary N) is 1. The zero-order chi connectivity index (χ0) is 14.8. The van der Waals surface area contributed by atoms with Gasteiger partial charge in [0.2, 0.25) is 5.95 Å². The highest BCUT2D eigenvalue weighted by Crippen LogP contribution is 2.23. The fourth-order valence-corrected chi connectivity index (χ4v) is 2.07. The minimum atomic E-state index is 0.638. The van der Waals surface area contributed by atoms with Crippen LogP contribution in [-0.2, 0) is 6.54 Å². The lowest BCUT2D eigenvalue weighted by Gasteiger charge is -2.10. The highest BCUT2D eigenvalue weighted by molar-refractivity contribution is 5.86. The molecule has 0 spiro atoms. The zero-order valence-corrected chi connectivity index (χ0v) is 12.3. The quantitative estimate of drug-likeness (QED) is 0.794. The number of fused-ring (bicyclic) bond motifs is 1. The van der Waals surface area contributed by atoms with Crippen molar-refractivity contribution in [3.05, 3.63) is 42.0 Å². The molecule has 0 unspecified atom stereocenters. The number of hydrogen-bond acceptors (Lipinski definition) is 6. The standard InChI is InChI=1S/C15H17N5O/c1-10-19-14-12(5-4-6-13(14)21-10)16-7-11-8-17-15(18-9-11)20(2)3/h4-6,8-9,16H,7H2,1-3H3. The van der Waals surface area contributed by atoms with E-state index in [0.29, 0.717) is 18.4 Å². The molecule has 0 fully saturated rings. The summed E-state index contributed by atoms with van der Waals surface area (Å²) in [5, 5.41) is 3.35. The van der Waals surface area contributed by atoms with E-state index in [1.165, 1.54) is 0 Å². The van der Waals surface area contributed by atoms with Gasteiger partial charge in [-0.3, -0.25) is 0 Å². The monoisotopic (exact) mass is 283 g/mol. The van der Waals surface area contributed by atoms with Gasteiger partial charge in [-0.1, -0.05) is 6.07 Å². The van der Waals surface area contributed by atoms with Crippen molar-refractivity contribution in [3.8, 4) is 0 Å². The number of hydrogen-bond donors (Lipinski definition) is 1. The van der Waals surface area contributed by atoms with Gasteiger partial charge in [0.25, 0.3) is 0 Å². The fourth-order valence-electron chi connectivity index (χ4n) is 2.07. The Balaban J connectivity index is 1.77. The second-order valence-electron chi connectivity index (χ2n) is 5.02. The van der Waals surface area contributed by atoms with Gasteiger partial charge in [0.1, 0.15) is 5.52 Å². The van der Waals surface area contributed by atoms with E-state index < -0.39 is 0 Å². The first kappa shape index (κ1) is 13.4. The Morgan fingerprint density at radius 2 is 1.95 bits per heavy atom. The number of rotatable bonds is 4. The van der Waals surface area contributed by atoms with Crippen LogP contribution in [0.2, 0.25) is 0 Å². The molecule has 0 aliphatic rings. The van der Waals surface area contributed by atoms with Crippen molar-refractivity contribution < 1.29 is 4.42 Å². The summed E-state index contributed by atoms with van der Waals surface area (Å²) < 4.78 is 5.52. The Hall–Kier alpha value is -2.63. The molecule has 1 N–H and O–H groups in total. The summed E-state index contributed by atoms with van der Waals surface area (Å²) in [5.74, 6) is 1.37. The number of para-hydroxylation sites is 1. The van der Waals surface area contributed by atoms with Crippen molar-refractivity contribution in [2.45, 2.75) is 13.5 Å². The first-order valence-electron chi connectivity index (χ1n) is 6.72.